The van der Waals surface area contributed by atoms with Crippen LogP contribution < -0.4 is 0 Å². The first kappa shape index (κ1) is 54.6. The van der Waals surface area contributed by atoms with Crippen molar-refractivity contribution in [3.8, 4) is 40.2 Å². The Bertz CT molecular complexity index is 3570. The maximum Gasteiger partial charge on any atom is 0.123 e. The van der Waals surface area contributed by atoms with Gasteiger partial charge in [-0.25, -0.2) is 0 Å². The second kappa shape index (κ2) is 23.5. The molecule has 0 spiro atoms. The van der Waals surface area contributed by atoms with Crippen LogP contribution in [0.1, 0.15) is 265 Å². The van der Waals surface area contributed by atoms with E-state index in [1.807, 2.05) is 30.3 Å². The van der Waals surface area contributed by atoms with Crippen LogP contribution in [0.15, 0.2) is 152 Å². The Morgan fingerprint density at radius 3 is 0.651 bits per heavy atom. The van der Waals surface area contributed by atoms with E-state index in [2.05, 4.69) is 97.1 Å². The number of fused-ring (bicyclic) bond motifs is 8. The van der Waals surface area contributed by atoms with Crippen molar-refractivity contribution in [3.05, 3.63) is 241 Å². The smallest absolute Gasteiger partial charge is 0.123 e. The summed E-state index contributed by atoms with van der Waals surface area (Å²) in [5.74, 6) is -2.29. The molecule has 426 valence electrons. The Morgan fingerprint density at radius 2 is 0.386 bits per heavy atom. The Kier molecular flexibility index (Phi) is 15.5. The third-order valence-electron chi connectivity index (χ3n) is 20.5. The van der Waals surface area contributed by atoms with Gasteiger partial charge in [0.15, 0.2) is 0 Å². The quantitative estimate of drug-likeness (QED) is 0.0803. The van der Waals surface area contributed by atoms with Crippen molar-refractivity contribution in [2.24, 2.45) is 0 Å². The summed E-state index contributed by atoms with van der Waals surface area (Å²) in [6.45, 7) is 0. The van der Waals surface area contributed by atoms with Gasteiger partial charge in [0.25, 0.3) is 0 Å². The minimum Gasteiger partial charge on any atom is -0.508 e. The SMILES string of the molecule is Oc1cc(O)c2cc1C(c1ccc(C3CCCCC3)cc1)c1ccc(O)c(c1)C(c1ccc(C3CCCCC3)cc1)c1cc(c(O)cc1O)C(c1ccc(C3CCCCC3)cc1)c1cc(c(O)cc1O)C2c1ccc(C2CCCCC2)cc1. The van der Waals surface area contributed by atoms with E-state index in [0.717, 1.165) is 79.2 Å². The van der Waals surface area contributed by atoms with Gasteiger partial charge in [-0.05, 0) is 149 Å². The molecule has 5 aliphatic carbocycles. The summed E-state index contributed by atoms with van der Waals surface area (Å²) < 4.78 is 0. The Hall–Kier alpha value is -7.64. The first-order valence-electron chi connectivity index (χ1n) is 31.4. The van der Waals surface area contributed by atoms with Crippen molar-refractivity contribution in [3.63, 3.8) is 0 Å². The van der Waals surface area contributed by atoms with Crippen LogP contribution in [0.5, 0.6) is 40.2 Å². The van der Waals surface area contributed by atoms with Gasteiger partial charge in [-0.1, -0.05) is 186 Å². The summed E-state index contributed by atoms with van der Waals surface area (Å²) in [6.07, 6.45) is 23.5. The van der Waals surface area contributed by atoms with Crippen molar-refractivity contribution >= 4 is 0 Å². The van der Waals surface area contributed by atoms with Gasteiger partial charge in [0.05, 0.1) is 0 Å². The number of hydrogen-bond acceptors (Lipinski definition) is 7. The molecule has 0 amide bonds. The highest BCUT2D eigenvalue weighted by Crippen LogP contribution is 2.54. The summed E-state index contributed by atoms with van der Waals surface area (Å²) >= 11 is 0. The van der Waals surface area contributed by atoms with E-state index >= 15 is 0 Å². The monoisotopic (exact) mass is 1100 g/mol. The van der Waals surface area contributed by atoms with E-state index in [0.29, 0.717) is 62.6 Å². The predicted molar refractivity (Wildman–Crippen MR) is 330 cm³/mol. The van der Waals surface area contributed by atoms with Crippen molar-refractivity contribution in [2.75, 3.05) is 0 Å². The average molecular weight is 1110 g/mol. The maximum atomic E-state index is 12.5. The first-order chi connectivity index (χ1) is 40.5. The lowest BCUT2D eigenvalue weighted by molar-refractivity contribution is 0.433. The van der Waals surface area contributed by atoms with Crippen LogP contribution in [0, 0.1) is 0 Å². The highest BCUT2D eigenvalue weighted by molar-refractivity contribution is 5.66. The molecule has 0 aromatic heterocycles. The molecule has 0 radical (unpaired) electrons. The van der Waals surface area contributed by atoms with Crippen LogP contribution in [-0.2, 0) is 0 Å². The molecule has 8 bridgehead atoms. The molecule has 8 aromatic carbocycles. The van der Waals surface area contributed by atoms with E-state index in [9.17, 15) is 35.7 Å². The Labute approximate surface area is 490 Å². The molecule has 83 heavy (non-hydrogen) atoms. The molecule has 4 saturated carbocycles. The van der Waals surface area contributed by atoms with Gasteiger partial charge in [-0.2, -0.15) is 0 Å². The fourth-order valence-corrected chi connectivity index (χ4v) is 15.9. The number of benzene rings is 8. The number of phenolic OH excluding ortho intramolecular Hbond substituents is 7. The highest BCUT2D eigenvalue weighted by atomic mass is 16.3. The van der Waals surface area contributed by atoms with Crippen molar-refractivity contribution in [1.29, 1.82) is 0 Å². The lowest BCUT2D eigenvalue weighted by Crippen LogP contribution is -2.13. The Balaban J connectivity index is 1.08. The van der Waals surface area contributed by atoms with Gasteiger partial charge in [-0.3, -0.25) is 0 Å². The second-order valence-corrected chi connectivity index (χ2v) is 25.5. The lowest BCUT2D eigenvalue weighted by Gasteiger charge is -2.30. The number of aromatic hydroxyl groups is 7. The van der Waals surface area contributed by atoms with Gasteiger partial charge in [-0.15, -0.1) is 0 Å². The topological polar surface area (TPSA) is 142 Å². The summed E-state index contributed by atoms with van der Waals surface area (Å²) in [5.41, 5.74) is 12.3. The predicted octanol–water partition coefficient (Wildman–Crippen LogP) is 18.9. The van der Waals surface area contributed by atoms with E-state index in [1.54, 1.807) is 6.07 Å². The van der Waals surface area contributed by atoms with Crippen molar-refractivity contribution < 1.29 is 35.7 Å². The van der Waals surface area contributed by atoms with Crippen LogP contribution in [-0.4, -0.2) is 35.7 Å². The van der Waals surface area contributed by atoms with Crippen molar-refractivity contribution in [2.45, 2.75) is 176 Å². The van der Waals surface area contributed by atoms with E-state index < -0.39 is 23.7 Å². The molecule has 7 heteroatoms. The van der Waals surface area contributed by atoms with E-state index in [-0.39, 0.29) is 40.2 Å². The number of hydrogen-bond donors (Lipinski definition) is 7. The van der Waals surface area contributed by atoms with E-state index in [1.165, 1.54) is 118 Å². The molecule has 4 unspecified atom stereocenters. The average Bonchev–Trinajstić information content (AvgIpc) is 3.70. The minimum atomic E-state index is -0.851. The third-order valence-corrected chi connectivity index (χ3v) is 20.5. The van der Waals surface area contributed by atoms with E-state index in [4.69, 9.17) is 0 Å². The highest BCUT2D eigenvalue weighted by Gasteiger charge is 2.35. The van der Waals surface area contributed by atoms with Crippen molar-refractivity contribution in [1.82, 2.24) is 0 Å². The van der Waals surface area contributed by atoms with Gasteiger partial charge in [0.2, 0.25) is 0 Å². The molecule has 7 N–H and O–H groups in total. The molecule has 7 nitrogen and oxygen atoms in total. The standard InChI is InChI=1S/C76H80O7/c77-66-38-37-58-39-59(66)74(55-31-23-51(24-32-55)47-15-7-2-8-16-47)62-41-63(70(81)44-69(62)80)76(57-35-27-53(28-36-57)49-19-11-4-12-20-49)65-42-64(71(82)45-72(65)83)75(56-33-25-52(26-34-56)48-17-9-3-10-18-48)61-40-60(67(78)43-68(61)79)73(58)54-29-21-50(22-30-54)46-13-5-1-6-14-46/h21-49,73-83H,1-20H2. The second-order valence-electron chi connectivity index (χ2n) is 25.5. The molecule has 0 aliphatic heterocycles. The maximum absolute atomic E-state index is 12.5. The zero-order valence-electron chi connectivity index (χ0n) is 47.8. The van der Waals surface area contributed by atoms with Gasteiger partial charge >= 0.3 is 0 Å². The van der Waals surface area contributed by atoms with Gasteiger partial charge in [0.1, 0.15) is 40.2 Å². The summed E-state index contributed by atoms with van der Waals surface area (Å²) in [6, 6.07) is 49.9. The molecule has 0 saturated heterocycles. The normalized spacial score (nSPS) is 21.2. The van der Waals surface area contributed by atoms with Gasteiger partial charge in [0, 0.05) is 80.8 Å². The molecule has 0 heterocycles. The molecule has 5 aliphatic rings. The van der Waals surface area contributed by atoms with Crippen LogP contribution >= 0.6 is 0 Å². The number of rotatable bonds is 8. The lowest BCUT2D eigenvalue weighted by atomic mass is 9.74. The van der Waals surface area contributed by atoms with Crippen LogP contribution in [0.25, 0.3) is 0 Å². The summed E-state index contributed by atoms with van der Waals surface area (Å²) in [7, 11) is 0. The summed E-state index contributed by atoms with van der Waals surface area (Å²) in [5, 5.41) is 87.6. The fraction of sp³-hybridized carbons (Fsp3) is 0.368. The zero-order valence-corrected chi connectivity index (χ0v) is 47.8. The Morgan fingerprint density at radius 1 is 0.181 bits per heavy atom. The molecular weight excluding hydrogens is 1020 g/mol. The molecule has 8 aromatic rings. The van der Waals surface area contributed by atoms with Crippen LogP contribution in [0.4, 0.5) is 0 Å². The third kappa shape index (κ3) is 10.9. The van der Waals surface area contributed by atoms with Crippen LogP contribution in [0.3, 0.4) is 0 Å². The largest absolute Gasteiger partial charge is 0.508 e. The van der Waals surface area contributed by atoms with Crippen LogP contribution in [0.2, 0.25) is 0 Å². The molecular formula is C76H80O7. The molecule has 4 fully saturated rings. The number of phenols is 7. The zero-order chi connectivity index (χ0) is 56.7. The molecule has 13 rings (SSSR count). The summed E-state index contributed by atoms with van der Waals surface area (Å²) in [4.78, 5) is 0. The first-order valence-corrected chi connectivity index (χ1v) is 31.4. The molecule has 4 atom stereocenters. The fourth-order valence-electron chi connectivity index (χ4n) is 15.9. The minimum absolute atomic E-state index is 0.0136. The van der Waals surface area contributed by atoms with Gasteiger partial charge < -0.3 is 35.7 Å².